The minimum absolute atomic E-state index is 0.358. The van der Waals surface area contributed by atoms with Crippen molar-refractivity contribution < 1.29 is 9.47 Å². The quantitative estimate of drug-likeness (QED) is 0.783. The molecule has 0 amide bonds. The lowest BCUT2D eigenvalue weighted by Gasteiger charge is -2.12. The summed E-state index contributed by atoms with van der Waals surface area (Å²) in [5.74, 6) is 2.42. The zero-order valence-corrected chi connectivity index (χ0v) is 11.1. The molecule has 3 nitrogen and oxygen atoms in total. The number of halogens is 1. The number of alkyl halides is 1. The topological polar surface area (TPSA) is 31.4 Å². The third-order valence-corrected chi connectivity index (χ3v) is 2.83. The van der Waals surface area contributed by atoms with Crippen molar-refractivity contribution in [2.75, 3.05) is 7.11 Å². The van der Waals surface area contributed by atoms with Gasteiger partial charge in [-0.1, -0.05) is 6.07 Å². The molecule has 2 aromatic rings. The SMILES string of the molecule is COc1cc(C)ccc1Oc1ccncc1CCl. The molecule has 0 spiro atoms. The zero-order chi connectivity index (χ0) is 13.0. The third-order valence-electron chi connectivity index (χ3n) is 2.54. The van der Waals surface area contributed by atoms with E-state index in [4.69, 9.17) is 21.1 Å². The molecule has 94 valence electrons. The highest BCUT2D eigenvalue weighted by atomic mass is 35.5. The Labute approximate surface area is 111 Å². The predicted molar refractivity (Wildman–Crippen MR) is 71.6 cm³/mol. The second-order valence-electron chi connectivity index (χ2n) is 3.87. The molecule has 0 aliphatic rings. The van der Waals surface area contributed by atoms with Gasteiger partial charge in [0.2, 0.25) is 0 Å². The second kappa shape index (κ2) is 5.74. The van der Waals surface area contributed by atoms with Crippen molar-refractivity contribution in [2.45, 2.75) is 12.8 Å². The number of rotatable bonds is 4. The van der Waals surface area contributed by atoms with E-state index in [0.717, 1.165) is 11.1 Å². The Morgan fingerprint density at radius 3 is 2.72 bits per heavy atom. The van der Waals surface area contributed by atoms with E-state index in [1.54, 1.807) is 25.6 Å². The molecular weight excluding hydrogens is 250 g/mol. The predicted octanol–water partition coefficient (Wildman–Crippen LogP) is 3.93. The van der Waals surface area contributed by atoms with Crippen molar-refractivity contribution in [3.63, 3.8) is 0 Å². The Balaban J connectivity index is 2.33. The summed E-state index contributed by atoms with van der Waals surface area (Å²) in [6.07, 6.45) is 3.37. The fourth-order valence-corrected chi connectivity index (χ4v) is 1.79. The van der Waals surface area contributed by atoms with E-state index in [9.17, 15) is 0 Å². The summed E-state index contributed by atoms with van der Waals surface area (Å²) in [5, 5.41) is 0. The van der Waals surface area contributed by atoms with Crippen molar-refractivity contribution in [2.24, 2.45) is 0 Å². The van der Waals surface area contributed by atoms with Gasteiger partial charge in [-0.2, -0.15) is 0 Å². The lowest BCUT2D eigenvalue weighted by atomic mass is 10.2. The molecule has 0 aliphatic carbocycles. The van der Waals surface area contributed by atoms with Crippen LogP contribution in [0.5, 0.6) is 17.2 Å². The highest BCUT2D eigenvalue weighted by molar-refractivity contribution is 6.17. The molecule has 0 radical (unpaired) electrons. The standard InChI is InChI=1S/C14H14ClNO2/c1-10-3-4-13(14(7-10)17-2)18-12-5-6-16-9-11(12)8-15/h3-7,9H,8H2,1-2H3. The molecule has 0 saturated carbocycles. The number of ether oxygens (including phenoxy) is 2. The van der Waals surface area contributed by atoms with Gasteiger partial charge in [-0.3, -0.25) is 4.98 Å². The van der Waals surface area contributed by atoms with E-state index >= 15 is 0 Å². The highest BCUT2D eigenvalue weighted by Gasteiger charge is 2.08. The first-order valence-electron chi connectivity index (χ1n) is 5.56. The van der Waals surface area contributed by atoms with Crippen molar-refractivity contribution in [3.8, 4) is 17.2 Å². The molecular formula is C14H14ClNO2. The van der Waals surface area contributed by atoms with Crippen LogP contribution < -0.4 is 9.47 Å². The molecule has 1 heterocycles. The molecule has 0 unspecified atom stereocenters. The van der Waals surface area contributed by atoms with Gasteiger partial charge < -0.3 is 9.47 Å². The first-order chi connectivity index (χ1) is 8.74. The maximum Gasteiger partial charge on any atom is 0.169 e. The Kier molecular flexibility index (Phi) is 4.05. The summed E-state index contributed by atoms with van der Waals surface area (Å²) < 4.78 is 11.1. The maximum absolute atomic E-state index is 5.85. The van der Waals surface area contributed by atoms with Crippen LogP contribution in [0.4, 0.5) is 0 Å². The number of benzene rings is 1. The summed E-state index contributed by atoms with van der Waals surface area (Å²) in [7, 11) is 1.62. The number of nitrogens with zero attached hydrogens (tertiary/aromatic N) is 1. The molecule has 2 rings (SSSR count). The number of pyridine rings is 1. The van der Waals surface area contributed by atoms with Crippen LogP contribution in [0, 0.1) is 6.92 Å². The van der Waals surface area contributed by atoms with E-state index in [2.05, 4.69) is 4.98 Å². The summed E-state index contributed by atoms with van der Waals surface area (Å²) in [6.45, 7) is 2.00. The van der Waals surface area contributed by atoms with E-state index in [1.165, 1.54) is 0 Å². The van der Waals surface area contributed by atoms with Crippen LogP contribution in [0.15, 0.2) is 36.7 Å². The van der Waals surface area contributed by atoms with Crippen LogP contribution in [-0.2, 0) is 5.88 Å². The molecule has 1 aromatic heterocycles. The molecule has 0 bridgehead atoms. The second-order valence-corrected chi connectivity index (χ2v) is 4.14. The molecule has 0 saturated heterocycles. The van der Waals surface area contributed by atoms with Crippen molar-refractivity contribution in [3.05, 3.63) is 47.8 Å². The van der Waals surface area contributed by atoms with E-state index < -0.39 is 0 Å². The van der Waals surface area contributed by atoms with Crippen molar-refractivity contribution in [1.82, 2.24) is 4.98 Å². The minimum Gasteiger partial charge on any atom is -0.493 e. The normalized spacial score (nSPS) is 10.2. The van der Waals surface area contributed by atoms with Gasteiger partial charge in [0.25, 0.3) is 0 Å². The zero-order valence-electron chi connectivity index (χ0n) is 10.3. The lowest BCUT2D eigenvalue weighted by molar-refractivity contribution is 0.377. The number of aromatic nitrogens is 1. The molecule has 0 fully saturated rings. The Morgan fingerprint density at radius 1 is 1.17 bits per heavy atom. The smallest absolute Gasteiger partial charge is 0.169 e. The van der Waals surface area contributed by atoms with Crippen LogP contribution in [0.1, 0.15) is 11.1 Å². The molecule has 0 aliphatic heterocycles. The Bertz CT molecular complexity index is 543. The maximum atomic E-state index is 5.85. The molecule has 4 heteroatoms. The fourth-order valence-electron chi connectivity index (χ4n) is 1.59. The first-order valence-corrected chi connectivity index (χ1v) is 6.09. The fraction of sp³-hybridized carbons (Fsp3) is 0.214. The molecule has 18 heavy (non-hydrogen) atoms. The van der Waals surface area contributed by atoms with Crippen LogP contribution in [0.2, 0.25) is 0 Å². The van der Waals surface area contributed by atoms with E-state index in [-0.39, 0.29) is 0 Å². The molecule has 0 atom stereocenters. The summed E-state index contributed by atoms with van der Waals surface area (Å²) in [4.78, 5) is 4.02. The Hall–Kier alpha value is -1.74. The monoisotopic (exact) mass is 263 g/mol. The minimum atomic E-state index is 0.358. The molecule has 1 aromatic carbocycles. The lowest BCUT2D eigenvalue weighted by Crippen LogP contribution is -1.94. The van der Waals surface area contributed by atoms with Gasteiger partial charge in [0.1, 0.15) is 5.75 Å². The average molecular weight is 264 g/mol. The average Bonchev–Trinajstić information content (AvgIpc) is 2.41. The largest absolute Gasteiger partial charge is 0.493 e. The van der Waals surface area contributed by atoms with E-state index in [0.29, 0.717) is 23.1 Å². The molecule has 0 N–H and O–H groups in total. The van der Waals surface area contributed by atoms with Gasteiger partial charge in [-0.05, 0) is 30.7 Å². The van der Waals surface area contributed by atoms with Gasteiger partial charge in [-0.25, -0.2) is 0 Å². The summed E-state index contributed by atoms with van der Waals surface area (Å²) in [6, 6.07) is 7.57. The number of hydrogen-bond acceptors (Lipinski definition) is 3. The van der Waals surface area contributed by atoms with Crippen LogP contribution in [0.3, 0.4) is 0 Å². The van der Waals surface area contributed by atoms with Gasteiger partial charge in [0.05, 0.1) is 13.0 Å². The first kappa shape index (κ1) is 12.7. The van der Waals surface area contributed by atoms with Crippen molar-refractivity contribution in [1.29, 1.82) is 0 Å². The Morgan fingerprint density at radius 2 is 2.00 bits per heavy atom. The third kappa shape index (κ3) is 2.74. The van der Waals surface area contributed by atoms with Gasteiger partial charge in [0.15, 0.2) is 11.5 Å². The van der Waals surface area contributed by atoms with Gasteiger partial charge in [-0.15, -0.1) is 11.6 Å². The number of hydrogen-bond donors (Lipinski definition) is 0. The van der Waals surface area contributed by atoms with E-state index in [1.807, 2.05) is 25.1 Å². The number of aryl methyl sites for hydroxylation is 1. The summed E-state index contributed by atoms with van der Waals surface area (Å²) in [5.41, 5.74) is 1.97. The van der Waals surface area contributed by atoms with Gasteiger partial charge in [0, 0.05) is 18.0 Å². The van der Waals surface area contributed by atoms with Crippen LogP contribution in [0.25, 0.3) is 0 Å². The highest BCUT2D eigenvalue weighted by Crippen LogP contribution is 2.33. The van der Waals surface area contributed by atoms with Crippen LogP contribution in [-0.4, -0.2) is 12.1 Å². The van der Waals surface area contributed by atoms with Crippen molar-refractivity contribution >= 4 is 11.6 Å². The summed E-state index contributed by atoms with van der Waals surface area (Å²) >= 11 is 5.85. The number of methoxy groups -OCH3 is 1. The van der Waals surface area contributed by atoms with Gasteiger partial charge >= 0.3 is 0 Å². The van der Waals surface area contributed by atoms with Crippen LogP contribution >= 0.6 is 11.6 Å².